The summed E-state index contributed by atoms with van der Waals surface area (Å²) in [5, 5.41) is 12.0. The van der Waals surface area contributed by atoms with Crippen molar-refractivity contribution in [1.29, 1.82) is 0 Å². The first-order valence-electron chi connectivity index (χ1n) is 8.08. The number of nitrogens with zero attached hydrogens (tertiary/aromatic N) is 2. The van der Waals surface area contributed by atoms with Gasteiger partial charge in [-0.2, -0.15) is 0 Å². The van der Waals surface area contributed by atoms with Crippen molar-refractivity contribution in [2.45, 2.75) is 0 Å². The fraction of sp³-hybridized carbons (Fsp3) is 0. The van der Waals surface area contributed by atoms with E-state index in [4.69, 9.17) is 4.98 Å². The van der Waals surface area contributed by atoms with Crippen LogP contribution >= 0.6 is 11.3 Å². The first kappa shape index (κ1) is 16.2. The van der Waals surface area contributed by atoms with Crippen molar-refractivity contribution in [3.05, 3.63) is 105 Å². The van der Waals surface area contributed by atoms with Crippen molar-refractivity contribution >= 4 is 38.9 Å². The molecule has 0 fully saturated rings. The van der Waals surface area contributed by atoms with E-state index in [1.54, 1.807) is 23.5 Å². The lowest BCUT2D eigenvalue weighted by Crippen LogP contribution is -1.90. The van der Waals surface area contributed by atoms with Gasteiger partial charge in [-0.25, -0.2) is 4.98 Å². The molecule has 126 valence electrons. The molecular formula is C21H14N2O2S. The molecule has 0 N–H and O–H groups in total. The molecule has 0 aliphatic rings. The van der Waals surface area contributed by atoms with Crippen LogP contribution in [0.25, 0.3) is 21.9 Å². The fourth-order valence-corrected chi connectivity index (χ4v) is 3.77. The molecule has 26 heavy (non-hydrogen) atoms. The number of hydrogen-bond acceptors (Lipinski definition) is 4. The summed E-state index contributed by atoms with van der Waals surface area (Å²) in [5.74, 6) is 0. The Morgan fingerprint density at radius 1 is 0.962 bits per heavy atom. The predicted octanol–water partition coefficient (Wildman–Crippen LogP) is 5.79. The van der Waals surface area contributed by atoms with Crippen LogP contribution in [-0.4, -0.2) is 9.91 Å². The van der Waals surface area contributed by atoms with Crippen LogP contribution < -0.4 is 0 Å². The van der Waals surface area contributed by atoms with Crippen molar-refractivity contribution in [1.82, 2.24) is 4.98 Å². The van der Waals surface area contributed by atoms with Crippen LogP contribution in [0.2, 0.25) is 0 Å². The summed E-state index contributed by atoms with van der Waals surface area (Å²) in [7, 11) is 0. The van der Waals surface area contributed by atoms with Crippen LogP contribution in [0.1, 0.15) is 16.1 Å². The highest BCUT2D eigenvalue weighted by Crippen LogP contribution is 2.32. The molecule has 5 heteroatoms. The number of benzene rings is 3. The van der Waals surface area contributed by atoms with E-state index in [2.05, 4.69) is 0 Å². The molecular weight excluding hydrogens is 344 g/mol. The van der Waals surface area contributed by atoms with E-state index >= 15 is 0 Å². The minimum atomic E-state index is -0.378. The Morgan fingerprint density at radius 3 is 2.50 bits per heavy atom. The molecule has 0 saturated carbocycles. The van der Waals surface area contributed by atoms with Crippen molar-refractivity contribution in [3.63, 3.8) is 0 Å². The van der Waals surface area contributed by atoms with E-state index in [1.807, 2.05) is 66.7 Å². The molecule has 4 nitrogen and oxygen atoms in total. The van der Waals surface area contributed by atoms with Crippen molar-refractivity contribution < 1.29 is 4.92 Å². The summed E-state index contributed by atoms with van der Waals surface area (Å²) < 4.78 is 1.11. The molecule has 0 bridgehead atoms. The van der Waals surface area contributed by atoms with Gasteiger partial charge in [0.05, 0.1) is 15.1 Å². The Morgan fingerprint density at radius 2 is 1.73 bits per heavy atom. The smallest absolute Gasteiger partial charge is 0.258 e. The van der Waals surface area contributed by atoms with Gasteiger partial charge in [-0.15, -0.1) is 11.3 Å². The summed E-state index contributed by atoms with van der Waals surface area (Å²) >= 11 is 1.62. The molecule has 0 aliphatic heterocycles. The molecule has 0 radical (unpaired) electrons. The average molecular weight is 358 g/mol. The summed E-state index contributed by atoms with van der Waals surface area (Å²) in [5.41, 5.74) is 3.78. The van der Waals surface area contributed by atoms with Gasteiger partial charge in [0, 0.05) is 17.7 Å². The zero-order chi connectivity index (χ0) is 17.9. The zero-order valence-corrected chi connectivity index (χ0v) is 14.5. The molecule has 0 atom stereocenters. The number of thiazole rings is 1. The van der Waals surface area contributed by atoms with E-state index < -0.39 is 0 Å². The van der Waals surface area contributed by atoms with Gasteiger partial charge >= 0.3 is 0 Å². The Labute approximate surface area is 154 Å². The van der Waals surface area contributed by atoms with Gasteiger partial charge in [-0.05, 0) is 29.3 Å². The number of aromatic nitrogens is 1. The summed E-state index contributed by atoms with van der Waals surface area (Å²) in [4.78, 5) is 15.5. The van der Waals surface area contributed by atoms with Gasteiger partial charge in [0.25, 0.3) is 5.69 Å². The van der Waals surface area contributed by atoms with E-state index in [1.165, 1.54) is 6.07 Å². The Kier molecular flexibility index (Phi) is 4.29. The third-order valence-electron chi connectivity index (χ3n) is 4.00. The van der Waals surface area contributed by atoms with Crippen molar-refractivity contribution in [2.75, 3.05) is 0 Å². The second-order valence-corrected chi connectivity index (χ2v) is 6.79. The molecule has 1 heterocycles. The minimum Gasteiger partial charge on any atom is -0.258 e. The topological polar surface area (TPSA) is 56.0 Å². The van der Waals surface area contributed by atoms with Crippen LogP contribution in [0.5, 0.6) is 0 Å². The Hall–Kier alpha value is -3.31. The molecule has 0 amide bonds. The molecule has 0 saturated heterocycles. The molecule has 0 unspecified atom stereocenters. The van der Waals surface area contributed by atoms with Gasteiger partial charge in [-0.1, -0.05) is 54.6 Å². The molecule has 4 aromatic rings. The maximum absolute atomic E-state index is 11.1. The predicted molar refractivity (Wildman–Crippen MR) is 106 cm³/mol. The highest BCUT2D eigenvalue weighted by molar-refractivity contribution is 7.19. The van der Waals surface area contributed by atoms with Crippen LogP contribution in [0.15, 0.2) is 78.9 Å². The zero-order valence-electron chi connectivity index (χ0n) is 13.7. The van der Waals surface area contributed by atoms with Crippen molar-refractivity contribution in [2.24, 2.45) is 0 Å². The maximum Gasteiger partial charge on any atom is 0.270 e. The third-order valence-corrected chi connectivity index (χ3v) is 5.07. The first-order chi connectivity index (χ1) is 12.7. The molecule has 3 aromatic carbocycles. The lowest BCUT2D eigenvalue weighted by molar-refractivity contribution is -0.384. The van der Waals surface area contributed by atoms with Gasteiger partial charge in [-0.3, -0.25) is 10.1 Å². The second kappa shape index (κ2) is 6.90. The van der Waals surface area contributed by atoms with Crippen LogP contribution in [0, 0.1) is 10.1 Å². The Balaban J connectivity index is 1.88. The number of rotatable bonds is 4. The van der Waals surface area contributed by atoms with Crippen molar-refractivity contribution in [3.8, 4) is 0 Å². The summed E-state index contributed by atoms with van der Waals surface area (Å²) in [6.45, 7) is 0. The van der Waals surface area contributed by atoms with E-state index in [9.17, 15) is 10.1 Å². The lowest BCUT2D eigenvalue weighted by Gasteiger charge is -2.05. The fourth-order valence-electron chi connectivity index (χ4n) is 2.77. The normalized spacial score (nSPS) is 11.6. The quantitative estimate of drug-likeness (QED) is 0.263. The number of fused-ring (bicyclic) bond motifs is 1. The SMILES string of the molecule is O=[N+]([O-])c1cccc(C=C(c2ccccc2)c2nc3ccccc3s2)c1. The van der Waals surface area contributed by atoms with Crippen LogP contribution in [0.4, 0.5) is 5.69 Å². The van der Waals surface area contributed by atoms with Gasteiger partial charge in [0.2, 0.25) is 0 Å². The van der Waals surface area contributed by atoms with Gasteiger partial charge < -0.3 is 0 Å². The lowest BCUT2D eigenvalue weighted by atomic mass is 10.0. The van der Waals surface area contributed by atoms with Gasteiger partial charge in [0.1, 0.15) is 5.01 Å². The molecule has 0 spiro atoms. The second-order valence-electron chi connectivity index (χ2n) is 5.76. The third kappa shape index (κ3) is 3.25. The van der Waals surface area contributed by atoms with E-state index in [-0.39, 0.29) is 10.6 Å². The van der Waals surface area contributed by atoms with E-state index in [0.717, 1.165) is 31.9 Å². The number of hydrogen-bond donors (Lipinski definition) is 0. The minimum absolute atomic E-state index is 0.0791. The highest BCUT2D eigenvalue weighted by atomic mass is 32.1. The highest BCUT2D eigenvalue weighted by Gasteiger charge is 2.12. The summed E-state index contributed by atoms with van der Waals surface area (Å²) in [6, 6.07) is 24.6. The summed E-state index contributed by atoms with van der Waals surface area (Å²) in [6.07, 6.45) is 1.96. The monoisotopic (exact) mass is 358 g/mol. The largest absolute Gasteiger partial charge is 0.270 e. The number of para-hydroxylation sites is 1. The number of nitro groups is 1. The van der Waals surface area contributed by atoms with Gasteiger partial charge in [0.15, 0.2) is 0 Å². The Bertz CT molecular complexity index is 1080. The first-order valence-corrected chi connectivity index (χ1v) is 8.90. The maximum atomic E-state index is 11.1. The average Bonchev–Trinajstić information content (AvgIpc) is 3.11. The van der Waals surface area contributed by atoms with Crippen LogP contribution in [-0.2, 0) is 0 Å². The number of non-ortho nitro benzene ring substituents is 1. The van der Waals surface area contributed by atoms with E-state index in [0.29, 0.717) is 0 Å². The molecule has 0 aliphatic carbocycles. The van der Waals surface area contributed by atoms with Crippen LogP contribution in [0.3, 0.4) is 0 Å². The molecule has 4 rings (SSSR count). The molecule has 1 aromatic heterocycles. The standard InChI is InChI=1S/C21H14N2O2S/c24-23(25)17-10-6-7-15(13-17)14-18(16-8-2-1-3-9-16)21-22-19-11-4-5-12-20(19)26-21/h1-14H. The number of nitro benzene ring substituents is 1.